The number of nitrogens with one attached hydrogen (secondary N) is 2. The summed E-state index contributed by atoms with van der Waals surface area (Å²) in [5.74, 6) is 0.920. The Hall–Kier alpha value is -2.08. The Bertz CT molecular complexity index is 1080. The molecule has 4 nitrogen and oxygen atoms in total. The minimum Gasteiger partial charge on any atom is -0.375 e. The van der Waals surface area contributed by atoms with Crippen LogP contribution in [0, 0.1) is 0 Å². The van der Waals surface area contributed by atoms with Crippen LogP contribution in [-0.4, -0.2) is 28.5 Å². The van der Waals surface area contributed by atoms with Gasteiger partial charge in [0.05, 0.1) is 25.3 Å². The van der Waals surface area contributed by atoms with Crippen molar-refractivity contribution in [1.29, 1.82) is 0 Å². The van der Waals surface area contributed by atoms with E-state index in [4.69, 9.17) is 4.74 Å². The Morgan fingerprint density at radius 3 is 2.32 bits per heavy atom. The Labute approximate surface area is 227 Å². The second-order valence-corrected chi connectivity index (χ2v) is 11.5. The topological polar surface area (TPSA) is 54.1 Å². The van der Waals surface area contributed by atoms with E-state index >= 15 is 0 Å². The molecule has 2 heterocycles. The molecule has 0 spiro atoms. The minimum atomic E-state index is -0.176. The zero-order valence-electron chi connectivity index (χ0n) is 22.5. The van der Waals surface area contributed by atoms with Gasteiger partial charge >= 0.3 is 0 Å². The minimum absolute atomic E-state index is 0.0215. The fraction of sp³-hybridized carbons (Fsp3) is 0.531. The van der Waals surface area contributed by atoms with Gasteiger partial charge in [-0.2, -0.15) is 0 Å². The van der Waals surface area contributed by atoms with Crippen molar-refractivity contribution in [2.75, 3.05) is 12.4 Å². The highest BCUT2D eigenvalue weighted by molar-refractivity contribution is 8.13. The van der Waals surface area contributed by atoms with Crippen LogP contribution in [-0.2, 0) is 22.6 Å². The van der Waals surface area contributed by atoms with Crippen LogP contribution in [0.15, 0.2) is 54.6 Å². The van der Waals surface area contributed by atoms with Crippen molar-refractivity contribution in [1.82, 2.24) is 10.3 Å². The first-order valence-corrected chi connectivity index (χ1v) is 15.4. The number of fused-ring (bicyclic) bond motifs is 3. The van der Waals surface area contributed by atoms with E-state index in [1.165, 1.54) is 80.5 Å². The predicted molar refractivity (Wildman–Crippen MR) is 157 cm³/mol. The van der Waals surface area contributed by atoms with Gasteiger partial charge in [-0.3, -0.25) is 10.1 Å². The summed E-state index contributed by atoms with van der Waals surface area (Å²) in [6, 6.07) is 18.5. The van der Waals surface area contributed by atoms with Gasteiger partial charge in [0.1, 0.15) is 0 Å². The highest BCUT2D eigenvalue weighted by Crippen LogP contribution is 2.33. The van der Waals surface area contributed by atoms with Crippen molar-refractivity contribution in [2.45, 2.75) is 96.2 Å². The molecule has 0 amide bonds. The van der Waals surface area contributed by atoms with Crippen LogP contribution < -0.4 is 5.32 Å². The maximum Gasteiger partial charge on any atom is 0.206 e. The van der Waals surface area contributed by atoms with E-state index in [0.717, 1.165) is 35.4 Å². The number of H-pyrrole nitrogens is 1. The lowest BCUT2D eigenvalue weighted by Crippen LogP contribution is -2.45. The second-order valence-electron chi connectivity index (χ2n) is 10.4. The van der Waals surface area contributed by atoms with Gasteiger partial charge in [0, 0.05) is 22.3 Å². The Morgan fingerprint density at radius 2 is 1.57 bits per heavy atom. The van der Waals surface area contributed by atoms with Crippen LogP contribution in [0.4, 0.5) is 0 Å². The molecule has 1 aliphatic heterocycles. The van der Waals surface area contributed by atoms with E-state index < -0.39 is 0 Å². The molecule has 2 atom stereocenters. The average Bonchev–Trinajstić information content (AvgIpc) is 3.31. The molecule has 0 aliphatic carbocycles. The first-order valence-electron chi connectivity index (χ1n) is 14.4. The Kier molecular flexibility index (Phi) is 11.6. The number of ether oxygens (including phenoxy) is 1. The zero-order valence-corrected chi connectivity index (χ0v) is 23.3. The highest BCUT2D eigenvalue weighted by atomic mass is 32.2. The SMILES string of the molecule is CCCCCCCCCCCCSC(=O)[C@@H]1Cc2c([nH]c3ccccc23)[C@@H](COCc2ccccc2)N1. The fourth-order valence-corrected chi connectivity index (χ4v) is 6.24. The van der Waals surface area contributed by atoms with E-state index in [1.54, 1.807) is 0 Å². The molecular formula is C32H44N2O2S. The third kappa shape index (κ3) is 8.46. The first-order chi connectivity index (χ1) is 18.3. The van der Waals surface area contributed by atoms with E-state index in [-0.39, 0.29) is 17.2 Å². The molecule has 0 saturated carbocycles. The molecule has 0 fully saturated rings. The van der Waals surface area contributed by atoms with E-state index in [2.05, 4.69) is 53.6 Å². The lowest BCUT2D eigenvalue weighted by atomic mass is 9.94. The maximum absolute atomic E-state index is 13.2. The summed E-state index contributed by atoms with van der Waals surface area (Å²) in [7, 11) is 0. The lowest BCUT2D eigenvalue weighted by Gasteiger charge is -2.30. The summed E-state index contributed by atoms with van der Waals surface area (Å²) in [6.45, 7) is 3.37. The summed E-state index contributed by atoms with van der Waals surface area (Å²) in [5.41, 5.74) is 4.72. The van der Waals surface area contributed by atoms with Crippen molar-refractivity contribution >= 4 is 27.8 Å². The molecule has 1 aromatic heterocycles. The van der Waals surface area contributed by atoms with E-state index in [9.17, 15) is 4.79 Å². The van der Waals surface area contributed by atoms with Gasteiger partial charge in [0.25, 0.3) is 0 Å². The van der Waals surface area contributed by atoms with E-state index in [1.807, 2.05) is 18.2 Å². The number of aromatic nitrogens is 1. The van der Waals surface area contributed by atoms with Crippen LogP contribution in [0.2, 0.25) is 0 Å². The number of carbonyl (C=O) groups is 1. The largest absolute Gasteiger partial charge is 0.375 e. The number of aromatic amines is 1. The molecule has 0 radical (unpaired) electrons. The standard InChI is InChI=1S/C32H44N2O2S/c1-2-3-4-5-6-7-8-9-10-16-21-37-32(35)29-22-27-26-19-14-15-20-28(26)34-31(27)30(33-29)24-36-23-25-17-12-11-13-18-25/h11-15,17-20,29-30,33-34H,2-10,16,21-24H2,1H3/t29-,30+/m0/s1. The summed E-state index contributed by atoms with van der Waals surface area (Å²) in [5, 5.41) is 5.11. The number of rotatable bonds is 16. The second kappa shape index (κ2) is 15.4. The summed E-state index contributed by atoms with van der Waals surface area (Å²) in [6.07, 6.45) is 14.0. The number of carbonyl (C=O) groups excluding carboxylic acids is 1. The summed E-state index contributed by atoms with van der Waals surface area (Å²) >= 11 is 1.51. The van der Waals surface area contributed by atoms with E-state index in [0.29, 0.717) is 13.2 Å². The van der Waals surface area contributed by atoms with Crippen molar-refractivity contribution in [3.05, 3.63) is 71.4 Å². The third-order valence-electron chi connectivity index (χ3n) is 7.43. The van der Waals surface area contributed by atoms with Crippen LogP contribution in [0.3, 0.4) is 0 Å². The molecule has 2 aromatic carbocycles. The Morgan fingerprint density at radius 1 is 0.892 bits per heavy atom. The monoisotopic (exact) mass is 520 g/mol. The molecular weight excluding hydrogens is 476 g/mol. The van der Waals surface area contributed by atoms with Gasteiger partial charge in [0.15, 0.2) is 0 Å². The normalized spacial score (nSPS) is 17.2. The molecule has 200 valence electrons. The maximum atomic E-state index is 13.2. The molecule has 4 rings (SSSR count). The smallest absolute Gasteiger partial charge is 0.206 e. The predicted octanol–water partition coefficient (Wildman–Crippen LogP) is 8.12. The molecule has 0 saturated heterocycles. The van der Waals surface area contributed by atoms with Crippen LogP contribution in [0.25, 0.3) is 10.9 Å². The van der Waals surface area contributed by atoms with Gasteiger partial charge in [-0.25, -0.2) is 0 Å². The number of benzene rings is 2. The molecule has 0 unspecified atom stereocenters. The van der Waals surface area contributed by atoms with Crippen LogP contribution in [0.1, 0.15) is 94.0 Å². The average molecular weight is 521 g/mol. The summed E-state index contributed by atoms with van der Waals surface area (Å²) in [4.78, 5) is 16.8. The van der Waals surface area contributed by atoms with Crippen molar-refractivity contribution < 1.29 is 9.53 Å². The van der Waals surface area contributed by atoms with Gasteiger partial charge in [-0.1, -0.05) is 125 Å². The third-order valence-corrected chi connectivity index (χ3v) is 8.49. The number of para-hydroxylation sites is 1. The molecule has 1 aliphatic rings. The number of unbranched alkanes of at least 4 members (excludes halogenated alkanes) is 9. The molecule has 3 aromatic rings. The van der Waals surface area contributed by atoms with Gasteiger partial charge < -0.3 is 9.72 Å². The fourth-order valence-electron chi connectivity index (χ4n) is 5.34. The molecule has 2 N–H and O–H groups in total. The zero-order chi connectivity index (χ0) is 25.7. The van der Waals surface area contributed by atoms with Gasteiger partial charge in [0.2, 0.25) is 5.12 Å². The van der Waals surface area contributed by atoms with Crippen molar-refractivity contribution in [3.8, 4) is 0 Å². The Balaban J connectivity index is 1.25. The number of thioether (sulfide) groups is 1. The quantitative estimate of drug-likeness (QED) is 0.187. The van der Waals surface area contributed by atoms with Crippen molar-refractivity contribution in [2.24, 2.45) is 0 Å². The van der Waals surface area contributed by atoms with Crippen molar-refractivity contribution in [3.63, 3.8) is 0 Å². The molecule has 37 heavy (non-hydrogen) atoms. The number of hydrogen-bond donors (Lipinski definition) is 2. The molecule has 0 bridgehead atoms. The van der Waals surface area contributed by atoms with Crippen LogP contribution in [0.5, 0.6) is 0 Å². The van der Waals surface area contributed by atoms with Crippen LogP contribution >= 0.6 is 11.8 Å². The lowest BCUT2D eigenvalue weighted by molar-refractivity contribution is -0.113. The first kappa shape index (κ1) is 27.9. The highest BCUT2D eigenvalue weighted by Gasteiger charge is 2.33. The van der Waals surface area contributed by atoms with Gasteiger partial charge in [-0.15, -0.1) is 0 Å². The van der Waals surface area contributed by atoms with Gasteiger partial charge in [-0.05, 0) is 30.0 Å². The summed E-state index contributed by atoms with van der Waals surface area (Å²) < 4.78 is 6.11. The molecule has 5 heteroatoms. The number of hydrogen-bond acceptors (Lipinski definition) is 4.